The molecule has 0 rings (SSSR count). The molecule has 2 radical (unpaired) electrons. The van der Waals surface area contributed by atoms with E-state index in [1.54, 1.807) is 0 Å². The lowest BCUT2D eigenvalue weighted by Gasteiger charge is -2.09. The lowest BCUT2D eigenvalue weighted by atomic mass is 10.1. The Labute approximate surface area is 54.3 Å². The number of nitrogens with zero attached hydrogens (tertiary/aromatic N) is 1. The van der Waals surface area contributed by atoms with Crippen molar-refractivity contribution >= 4 is 13.6 Å². The van der Waals surface area contributed by atoms with E-state index in [2.05, 4.69) is 12.8 Å². The van der Waals surface area contributed by atoms with Crippen LogP contribution in [0.1, 0.15) is 0 Å². The van der Waals surface area contributed by atoms with Crippen molar-refractivity contribution in [2.24, 2.45) is 4.99 Å². The van der Waals surface area contributed by atoms with Crippen LogP contribution in [-0.2, 0) is 0 Å². The van der Waals surface area contributed by atoms with Crippen LogP contribution in [0.5, 0.6) is 0 Å². The summed E-state index contributed by atoms with van der Waals surface area (Å²) in [6, 6.07) is -0.762. The molecule has 4 nitrogen and oxygen atoms in total. The number of hydrogen-bond donors (Lipinski definition) is 2. The summed E-state index contributed by atoms with van der Waals surface area (Å²) in [7, 11) is 4.62. The SMILES string of the molecule is [B]C([O-])=NC(CO)CO. The van der Waals surface area contributed by atoms with Crippen molar-refractivity contribution in [3.05, 3.63) is 0 Å². The summed E-state index contributed by atoms with van der Waals surface area (Å²) in [6.45, 7) is -0.723. The summed E-state index contributed by atoms with van der Waals surface area (Å²) < 4.78 is 0. The highest BCUT2D eigenvalue weighted by Gasteiger charge is 1.98. The highest BCUT2D eigenvalue weighted by Crippen LogP contribution is 1.85. The first-order chi connectivity index (χ1) is 4.20. The lowest BCUT2D eigenvalue weighted by Crippen LogP contribution is -2.24. The molecular formula is C4H7BNO3-. The molecule has 0 fully saturated rings. The lowest BCUT2D eigenvalue weighted by molar-refractivity contribution is -0.208. The largest absolute Gasteiger partial charge is 0.870 e. The maximum absolute atomic E-state index is 9.96. The molecule has 50 valence electrons. The molecule has 0 amide bonds. The number of rotatable bonds is 3. The van der Waals surface area contributed by atoms with E-state index in [4.69, 9.17) is 10.2 Å². The molecule has 0 aliphatic carbocycles. The minimum Gasteiger partial charge on any atom is -0.870 e. The van der Waals surface area contributed by atoms with Gasteiger partial charge in [0.1, 0.15) is 7.85 Å². The Balaban J connectivity index is 3.68. The van der Waals surface area contributed by atoms with Crippen LogP contribution >= 0.6 is 0 Å². The van der Waals surface area contributed by atoms with Gasteiger partial charge in [0.05, 0.1) is 19.3 Å². The first-order valence-electron chi connectivity index (χ1n) is 2.42. The monoisotopic (exact) mass is 128 g/mol. The van der Waals surface area contributed by atoms with Crippen molar-refractivity contribution in [3.8, 4) is 0 Å². The molecule has 2 N–H and O–H groups in total. The molecule has 9 heavy (non-hydrogen) atoms. The van der Waals surface area contributed by atoms with Crippen LogP contribution in [0, 0.1) is 0 Å². The summed E-state index contributed by atoms with van der Waals surface area (Å²) in [6.07, 6.45) is 0. The zero-order valence-electron chi connectivity index (χ0n) is 4.82. The number of aliphatic hydroxyl groups excluding tert-OH is 2. The van der Waals surface area contributed by atoms with Crippen LogP contribution in [0.3, 0.4) is 0 Å². The van der Waals surface area contributed by atoms with Gasteiger partial charge >= 0.3 is 0 Å². The molecule has 0 heterocycles. The van der Waals surface area contributed by atoms with Crippen molar-refractivity contribution in [2.75, 3.05) is 13.2 Å². The van der Waals surface area contributed by atoms with E-state index in [1.807, 2.05) is 0 Å². The standard InChI is InChI=1S/C4H8BNO3/c5-4(9)6-3(1-7)2-8/h3,7-8H,1-2H2,(H,6,9)/p-1. The summed E-state index contributed by atoms with van der Waals surface area (Å²) in [4.78, 5) is 3.15. The minimum absolute atomic E-state index is 0.362. The van der Waals surface area contributed by atoms with E-state index in [0.717, 1.165) is 0 Å². The topological polar surface area (TPSA) is 75.9 Å². The molecule has 0 spiro atoms. The van der Waals surface area contributed by atoms with Gasteiger partial charge in [-0.25, -0.2) is 0 Å². The average molecular weight is 128 g/mol. The number of aliphatic hydroxyl groups is 2. The normalized spacial score (nSPS) is 12.6. The number of hydrogen-bond acceptors (Lipinski definition) is 4. The second-order valence-electron chi connectivity index (χ2n) is 1.49. The van der Waals surface area contributed by atoms with E-state index >= 15 is 0 Å². The third-order valence-corrected chi connectivity index (χ3v) is 0.731. The minimum atomic E-state index is -0.872. The van der Waals surface area contributed by atoms with Gasteiger partial charge in [-0.05, 0) is 0 Å². The Morgan fingerprint density at radius 2 is 2.00 bits per heavy atom. The Morgan fingerprint density at radius 3 is 2.11 bits per heavy atom. The van der Waals surface area contributed by atoms with Crippen molar-refractivity contribution in [1.82, 2.24) is 0 Å². The smallest absolute Gasteiger partial charge is 0.117 e. The second kappa shape index (κ2) is 4.35. The predicted octanol–water partition coefficient (Wildman–Crippen LogP) is -2.78. The molecule has 5 heteroatoms. The maximum Gasteiger partial charge on any atom is 0.117 e. The maximum atomic E-state index is 9.96. The van der Waals surface area contributed by atoms with Gasteiger partial charge in [-0.3, -0.25) is 0 Å². The number of aliphatic imine (C=N–C) groups is 1. The Morgan fingerprint density at radius 1 is 1.56 bits per heavy atom. The van der Waals surface area contributed by atoms with Gasteiger partial charge in [0, 0.05) is 0 Å². The van der Waals surface area contributed by atoms with Crippen molar-refractivity contribution in [1.29, 1.82) is 0 Å². The first-order valence-corrected chi connectivity index (χ1v) is 2.42. The Kier molecular flexibility index (Phi) is 4.08. The van der Waals surface area contributed by atoms with E-state index in [-0.39, 0.29) is 13.2 Å². The van der Waals surface area contributed by atoms with Gasteiger partial charge in [-0.1, -0.05) is 5.80 Å². The Bertz CT molecular complexity index is 98.0. The third-order valence-electron chi connectivity index (χ3n) is 0.731. The zero-order chi connectivity index (χ0) is 7.28. The van der Waals surface area contributed by atoms with Crippen LogP contribution in [0.25, 0.3) is 0 Å². The predicted molar refractivity (Wildman–Crippen MR) is 31.1 cm³/mol. The fourth-order valence-corrected chi connectivity index (χ4v) is 0.319. The van der Waals surface area contributed by atoms with Gasteiger partial charge in [-0.15, -0.1) is 0 Å². The molecule has 0 saturated carbocycles. The summed E-state index contributed by atoms with van der Waals surface area (Å²) in [5, 5.41) is 26.6. The molecule has 0 aromatic rings. The molecule has 0 aliphatic heterocycles. The zero-order valence-corrected chi connectivity index (χ0v) is 4.82. The molecule has 0 aromatic heterocycles. The van der Waals surface area contributed by atoms with Gasteiger partial charge in [-0.2, -0.15) is 0 Å². The Hall–Kier alpha value is -0.545. The van der Waals surface area contributed by atoms with E-state index in [9.17, 15) is 5.11 Å². The second-order valence-corrected chi connectivity index (χ2v) is 1.49. The molecule has 0 aromatic carbocycles. The van der Waals surface area contributed by atoms with Crippen LogP contribution in [-0.4, -0.2) is 43.1 Å². The average Bonchev–Trinajstić information content (AvgIpc) is 1.82. The summed E-state index contributed by atoms with van der Waals surface area (Å²) >= 11 is 0. The van der Waals surface area contributed by atoms with Crippen LogP contribution < -0.4 is 5.11 Å². The quantitative estimate of drug-likeness (QED) is 0.245. The van der Waals surface area contributed by atoms with Crippen molar-refractivity contribution in [3.63, 3.8) is 0 Å². The van der Waals surface area contributed by atoms with Gasteiger partial charge in [0.2, 0.25) is 0 Å². The van der Waals surface area contributed by atoms with Gasteiger partial charge in [0.15, 0.2) is 0 Å². The van der Waals surface area contributed by atoms with Crippen LogP contribution in [0.15, 0.2) is 4.99 Å². The fraction of sp³-hybridized carbons (Fsp3) is 0.750. The fourth-order valence-electron chi connectivity index (χ4n) is 0.319. The van der Waals surface area contributed by atoms with Gasteiger partial charge in [0.25, 0.3) is 0 Å². The molecule has 0 aliphatic rings. The molecule has 0 unspecified atom stereocenters. The van der Waals surface area contributed by atoms with E-state index in [1.165, 1.54) is 0 Å². The van der Waals surface area contributed by atoms with E-state index in [0.29, 0.717) is 0 Å². The van der Waals surface area contributed by atoms with Gasteiger partial charge < -0.3 is 20.3 Å². The highest BCUT2D eigenvalue weighted by molar-refractivity contribution is 6.55. The molecule has 0 atom stereocenters. The molecule has 0 saturated heterocycles. The van der Waals surface area contributed by atoms with Crippen molar-refractivity contribution < 1.29 is 15.3 Å². The van der Waals surface area contributed by atoms with Crippen LogP contribution in [0.4, 0.5) is 0 Å². The first kappa shape index (κ1) is 8.45. The highest BCUT2D eigenvalue weighted by atomic mass is 16.3. The van der Waals surface area contributed by atoms with Crippen molar-refractivity contribution in [2.45, 2.75) is 6.04 Å². The van der Waals surface area contributed by atoms with Crippen LogP contribution in [0.2, 0.25) is 0 Å². The molecule has 0 bridgehead atoms. The summed E-state index contributed by atoms with van der Waals surface area (Å²) in [5.74, 6) is -0.872. The third kappa shape index (κ3) is 3.99. The molecular weight excluding hydrogens is 121 g/mol. The van der Waals surface area contributed by atoms with E-state index < -0.39 is 11.8 Å². The summed E-state index contributed by atoms with van der Waals surface area (Å²) in [5.41, 5.74) is 0.